The van der Waals surface area contributed by atoms with E-state index in [2.05, 4.69) is 17.0 Å². The third-order valence-electron chi connectivity index (χ3n) is 3.44. The fraction of sp³-hybridized carbons (Fsp3) is 0.692. The molecule has 0 bridgehead atoms. The summed E-state index contributed by atoms with van der Waals surface area (Å²) in [6.07, 6.45) is 3.00. The lowest BCUT2D eigenvalue weighted by Crippen LogP contribution is -2.33. The molecule has 2 rings (SSSR count). The van der Waals surface area contributed by atoms with Crippen LogP contribution in [0.1, 0.15) is 31.1 Å². The predicted molar refractivity (Wildman–Crippen MR) is 87.0 cm³/mol. The molecule has 1 aromatic rings. The fourth-order valence-corrected chi connectivity index (χ4v) is 6.46. The van der Waals surface area contributed by atoms with Crippen LogP contribution in [0.2, 0.25) is 0 Å². The van der Waals surface area contributed by atoms with Gasteiger partial charge in [0.1, 0.15) is 0 Å². The molecule has 2 atom stereocenters. The Kier molecular flexibility index (Phi) is 5.92. The molecular formula is C13H22N2O2S3. The second-order valence-electron chi connectivity index (χ2n) is 4.95. The van der Waals surface area contributed by atoms with E-state index >= 15 is 0 Å². The quantitative estimate of drug-likeness (QED) is 0.804. The smallest absolute Gasteiger partial charge is 0.241 e. The van der Waals surface area contributed by atoms with Gasteiger partial charge in [-0.25, -0.2) is 13.1 Å². The highest BCUT2D eigenvalue weighted by Gasteiger charge is 2.29. The molecule has 2 unspecified atom stereocenters. The van der Waals surface area contributed by atoms with E-state index in [0.717, 1.165) is 29.9 Å². The van der Waals surface area contributed by atoms with Crippen molar-refractivity contribution in [2.75, 3.05) is 12.8 Å². The van der Waals surface area contributed by atoms with Crippen molar-refractivity contribution in [1.82, 2.24) is 10.0 Å². The van der Waals surface area contributed by atoms with Gasteiger partial charge in [0.15, 0.2) is 0 Å². The average molecular weight is 335 g/mol. The van der Waals surface area contributed by atoms with E-state index in [4.69, 9.17) is 0 Å². The van der Waals surface area contributed by atoms with E-state index in [1.54, 1.807) is 6.07 Å². The minimum Gasteiger partial charge on any atom is -0.315 e. The standard InChI is InChI=1S/C13H22N2O2S3/c1-3-18-11-5-4-10(8-11)15-20(16,17)13-6-7-19-12(13)9-14-2/h6-7,10-11,14-15H,3-5,8-9H2,1-2H3. The molecule has 0 aromatic carbocycles. The van der Waals surface area contributed by atoms with Crippen LogP contribution in [0.5, 0.6) is 0 Å². The lowest BCUT2D eigenvalue weighted by molar-refractivity contribution is 0.551. The lowest BCUT2D eigenvalue weighted by Gasteiger charge is -2.14. The van der Waals surface area contributed by atoms with Crippen molar-refractivity contribution in [1.29, 1.82) is 0 Å². The molecule has 4 nitrogen and oxygen atoms in total. The molecule has 1 fully saturated rings. The van der Waals surface area contributed by atoms with Crippen LogP contribution in [-0.4, -0.2) is 32.5 Å². The second kappa shape index (κ2) is 7.26. The summed E-state index contributed by atoms with van der Waals surface area (Å²) in [5, 5.41) is 5.46. The fourth-order valence-electron chi connectivity index (χ4n) is 2.57. The molecule has 0 amide bonds. The van der Waals surface area contributed by atoms with E-state index in [9.17, 15) is 8.42 Å². The minimum absolute atomic E-state index is 0.0892. The van der Waals surface area contributed by atoms with Crippen LogP contribution < -0.4 is 10.0 Å². The van der Waals surface area contributed by atoms with Crippen LogP contribution in [-0.2, 0) is 16.6 Å². The Morgan fingerprint density at radius 1 is 1.45 bits per heavy atom. The highest BCUT2D eigenvalue weighted by molar-refractivity contribution is 7.99. The maximum absolute atomic E-state index is 12.5. The van der Waals surface area contributed by atoms with E-state index in [1.807, 2.05) is 24.2 Å². The third-order valence-corrected chi connectivity index (χ3v) is 7.33. The molecule has 1 aromatic heterocycles. The van der Waals surface area contributed by atoms with Crippen LogP contribution in [0.25, 0.3) is 0 Å². The zero-order valence-corrected chi connectivity index (χ0v) is 14.3. The number of nitrogens with one attached hydrogen (secondary N) is 2. The maximum atomic E-state index is 12.5. The van der Waals surface area contributed by atoms with Crippen molar-refractivity contribution in [3.63, 3.8) is 0 Å². The van der Waals surface area contributed by atoms with E-state index in [-0.39, 0.29) is 6.04 Å². The Bertz CT molecular complexity index is 527. The van der Waals surface area contributed by atoms with Crippen molar-refractivity contribution in [2.24, 2.45) is 0 Å². The molecule has 114 valence electrons. The highest BCUT2D eigenvalue weighted by Crippen LogP contribution is 2.31. The van der Waals surface area contributed by atoms with Gasteiger partial charge in [-0.1, -0.05) is 6.92 Å². The van der Waals surface area contributed by atoms with Gasteiger partial charge < -0.3 is 5.32 Å². The zero-order chi connectivity index (χ0) is 14.6. The summed E-state index contributed by atoms with van der Waals surface area (Å²) >= 11 is 3.42. The molecule has 1 heterocycles. The molecule has 0 aliphatic heterocycles. The lowest BCUT2D eigenvalue weighted by atomic mass is 10.3. The molecule has 1 aliphatic carbocycles. The Morgan fingerprint density at radius 3 is 2.95 bits per heavy atom. The van der Waals surface area contributed by atoms with E-state index < -0.39 is 10.0 Å². The van der Waals surface area contributed by atoms with Gasteiger partial charge in [-0.3, -0.25) is 0 Å². The Hall–Kier alpha value is -0.0800. The van der Waals surface area contributed by atoms with Gasteiger partial charge in [0.05, 0.1) is 4.90 Å². The Labute approximate surface area is 129 Å². The van der Waals surface area contributed by atoms with Crippen molar-refractivity contribution in [3.05, 3.63) is 16.3 Å². The number of rotatable bonds is 7. The third kappa shape index (κ3) is 3.98. The summed E-state index contributed by atoms with van der Waals surface area (Å²) in [7, 11) is -1.55. The summed E-state index contributed by atoms with van der Waals surface area (Å²) in [6, 6.07) is 1.79. The van der Waals surface area contributed by atoms with Crippen LogP contribution >= 0.6 is 23.1 Å². The maximum Gasteiger partial charge on any atom is 0.241 e. The molecule has 0 spiro atoms. The molecule has 2 N–H and O–H groups in total. The molecule has 0 saturated heterocycles. The average Bonchev–Trinajstić information content (AvgIpc) is 3.00. The number of sulfonamides is 1. The van der Waals surface area contributed by atoms with Crippen LogP contribution in [0.3, 0.4) is 0 Å². The monoisotopic (exact) mass is 334 g/mol. The van der Waals surface area contributed by atoms with Gasteiger partial charge in [-0.05, 0) is 43.5 Å². The van der Waals surface area contributed by atoms with Crippen molar-refractivity contribution >= 4 is 33.1 Å². The topological polar surface area (TPSA) is 58.2 Å². The SMILES string of the molecule is CCSC1CCC(NS(=O)(=O)c2ccsc2CNC)C1. The molecule has 1 aliphatic rings. The van der Waals surface area contributed by atoms with Crippen LogP contribution in [0.15, 0.2) is 16.3 Å². The Balaban J connectivity index is 2.02. The van der Waals surface area contributed by atoms with Gasteiger partial charge in [-0.15, -0.1) is 11.3 Å². The summed E-state index contributed by atoms with van der Waals surface area (Å²) in [5.74, 6) is 1.10. The molecular weight excluding hydrogens is 312 g/mol. The zero-order valence-electron chi connectivity index (χ0n) is 11.9. The van der Waals surface area contributed by atoms with Gasteiger partial charge in [0.2, 0.25) is 10.0 Å². The molecule has 0 radical (unpaired) electrons. The number of hydrogen-bond acceptors (Lipinski definition) is 5. The first-order valence-electron chi connectivity index (χ1n) is 6.91. The van der Waals surface area contributed by atoms with E-state index in [1.165, 1.54) is 11.3 Å². The van der Waals surface area contributed by atoms with Gasteiger partial charge in [0.25, 0.3) is 0 Å². The van der Waals surface area contributed by atoms with Gasteiger partial charge in [-0.2, -0.15) is 11.8 Å². The second-order valence-corrected chi connectivity index (χ2v) is 9.21. The normalized spacial score (nSPS) is 23.3. The first-order valence-corrected chi connectivity index (χ1v) is 10.3. The van der Waals surface area contributed by atoms with Gasteiger partial charge in [0, 0.05) is 22.7 Å². The van der Waals surface area contributed by atoms with Crippen molar-refractivity contribution < 1.29 is 8.42 Å². The minimum atomic E-state index is -3.38. The summed E-state index contributed by atoms with van der Waals surface area (Å²) in [5.41, 5.74) is 0. The number of thioether (sulfide) groups is 1. The largest absolute Gasteiger partial charge is 0.315 e. The molecule has 20 heavy (non-hydrogen) atoms. The van der Waals surface area contributed by atoms with Crippen LogP contribution in [0.4, 0.5) is 0 Å². The number of thiophene rings is 1. The summed E-state index contributed by atoms with van der Waals surface area (Å²) in [6.45, 7) is 2.74. The van der Waals surface area contributed by atoms with Crippen LogP contribution in [0, 0.1) is 0 Å². The molecule has 7 heteroatoms. The number of hydrogen-bond donors (Lipinski definition) is 2. The summed E-state index contributed by atoms with van der Waals surface area (Å²) < 4.78 is 27.8. The summed E-state index contributed by atoms with van der Waals surface area (Å²) in [4.78, 5) is 1.31. The predicted octanol–water partition coefficient (Wildman–Crippen LogP) is 2.42. The van der Waals surface area contributed by atoms with Gasteiger partial charge >= 0.3 is 0 Å². The Morgan fingerprint density at radius 2 is 2.25 bits per heavy atom. The highest BCUT2D eigenvalue weighted by atomic mass is 32.2. The first kappa shape index (κ1) is 16.3. The van der Waals surface area contributed by atoms with Crippen molar-refractivity contribution in [3.8, 4) is 0 Å². The molecule has 1 saturated carbocycles. The first-order chi connectivity index (χ1) is 9.56. The van der Waals surface area contributed by atoms with Crippen molar-refractivity contribution in [2.45, 2.75) is 48.9 Å². The van der Waals surface area contributed by atoms with E-state index in [0.29, 0.717) is 16.7 Å².